The molecule has 1 atom stereocenters. The van der Waals surface area contributed by atoms with E-state index in [0.717, 1.165) is 6.54 Å². The van der Waals surface area contributed by atoms with Crippen LogP contribution in [0, 0.1) is 0 Å². The van der Waals surface area contributed by atoms with Gasteiger partial charge in [0.1, 0.15) is 0 Å². The number of thiazole rings is 1. The molecule has 0 bridgehead atoms. The van der Waals surface area contributed by atoms with Gasteiger partial charge in [0.2, 0.25) is 0 Å². The summed E-state index contributed by atoms with van der Waals surface area (Å²) in [6, 6.07) is 0.453. The van der Waals surface area contributed by atoms with Gasteiger partial charge in [-0.1, -0.05) is 0 Å². The van der Waals surface area contributed by atoms with E-state index in [1.807, 2.05) is 23.5 Å². The summed E-state index contributed by atoms with van der Waals surface area (Å²) >= 11 is 3.62. The summed E-state index contributed by atoms with van der Waals surface area (Å²) in [5.74, 6) is 1.24. The highest BCUT2D eigenvalue weighted by molar-refractivity contribution is 7.98. The normalized spacial score (nSPS) is 13.1. The zero-order chi connectivity index (χ0) is 9.52. The van der Waals surface area contributed by atoms with Crippen LogP contribution in [-0.2, 0) is 0 Å². The fourth-order valence-corrected chi connectivity index (χ4v) is 2.16. The highest BCUT2D eigenvalue weighted by Gasteiger charge is 2.04. The van der Waals surface area contributed by atoms with E-state index >= 15 is 0 Å². The lowest BCUT2D eigenvalue weighted by molar-refractivity contribution is 0.579. The first kappa shape index (κ1) is 11.0. The van der Waals surface area contributed by atoms with Crippen molar-refractivity contribution in [2.45, 2.75) is 19.4 Å². The molecule has 13 heavy (non-hydrogen) atoms. The Morgan fingerprint density at radius 1 is 1.69 bits per heavy atom. The molecule has 0 saturated carbocycles. The van der Waals surface area contributed by atoms with Crippen molar-refractivity contribution < 1.29 is 0 Å². The first-order valence-electron chi connectivity index (χ1n) is 4.45. The lowest BCUT2D eigenvalue weighted by Crippen LogP contribution is -2.19. The lowest BCUT2D eigenvalue weighted by atomic mass is 10.3. The van der Waals surface area contributed by atoms with Crippen LogP contribution in [-0.4, -0.2) is 23.5 Å². The van der Waals surface area contributed by atoms with Gasteiger partial charge in [0, 0.05) is 17.1 Å². The summed E-state index contributed by atoms with van der Waals surface area (Å²) < 4.78 is 0. The summed E-state index contributed by atoms with van der Waals surface area (Å²) in [5, 5.41) is 3.48. The molecule has 0 aliphatic rings. The van der Waals surface area contributed by atoms with E-state index in [1.165, 1.54) is 17.1 Å². The Bertz CT molecular complexity index is 211. The first-order valence-corrected chi connectivity index (χ1v) is 6.72. The van der Waals surface area contributed by atoms with Crippen molar-refractivity contribution in [3.8, 4) is 0 Å². The van der Waals surface area contributed by atoms with Crippen LogP contribution >= 0.6 is 23.1 Å². The fourth-order valence-electron chi connectivity index (χ4n) is 1.08. The number of hydrogen-bond acceptors (Lipinski definition) is 4. The van der Waals surface area contributed by atoms with Crippen molar-refractivity contribution in [3.63, 3.8) is 0 Å². The van der Waals surface area contributed by atoms with Crippen LogP contribution in [0.1, 0.15) is 24.3 Å². The van der Waals surface area contributed by atoms with Crippen LogP contribution in [0.4, 0.5) is 0 Å². The maximum atomic E-state index is 4.06. The third-order valence-electron chi connectivity index (χ3n) is 1.85. The SMILES string of the molecule is CSCCCNC(C)c1cncs1. The van der Waals surface area contributed by atoms with E-state index in [9.17, 15) is 0 Å². The second-order valence-electron chi connectivity index (χ2n) is 2.93. The molecule has 0 aliphatic heterocycles. The number of nitrogens with zero attached hydrogens (tertiary/aromatic N) is 1. The van der Waals surface area contributed by atoms with Crippen molar-refractivity contribution in [2.24, 2.45) is 0 Å². The Morgan fingerprint density at radius 3 is 3.15 bits per heavy atom. The molecular weight excluding hydrogens is 200 g/mol. The average molecular weight is 216 g/mol. The number of rotatable bonds is 6. The molecule has 1 aromatic heterocycles. The smallest absolute Gasteiger partial charge is 0.0794 e. The van der Waals surface area contributed by atoms with E-state index in [4.69, 9.17) is 0 Å². The number of aromatic nitrogens is 1. The molecule has 1 aromatic rings. The van der Waals surface area contributed by atoms with E-state index in [0.29, 0.717) is 6.04 Å². The zero-order valence-electron chi connectivity index (χ0n) is 8.12. The molecule has 1 N–H and O–H groups in total. The van der Waals surface area contributed by atoms with Gasteiger partial charge in [0.05, 0.1) is 5.51 Å². The van der Waals surface area contributed by atoms with E-state index in [-0.39, 0.29) is 0 Å². The van der Waals surface area contributed by atoms with Gasteiger partial charge in [-0.3, -0.25) is 4.98 Å². The average Bonchev–Trinajstić information content (AvgIpc) is 2.65. The summed E-state index contributed by atoms with van der Waals surface area (Å²) in [7, 11) is 0. The molecule has 0 radical (unpaired) electrons. The molecule has 0 aromatic carbocycles. The van der Waals surface area contributed by atoms with Gasteiger partial charge in [-0.05, 0) is 31.9 Å². The Morgan fingerprint density at radius 2 is 2.54 bits per heavy atom. The number of hydrogen-bond donors (Lipinski definition) is 1. The first-order chi connectivity index (χ1) is 6.34. The Hall–Kier alpha value is -0.0600. The molecule has 4 heteroatoms. The van der Waals surface area contributed by atoms with Gasteiger partial charge in [-0.2, -0.15) is 11.8 Å². The molecule has 1 heterocycles. The largest absolute Gasteiger partial charge is 0.309 e. The van der Waals surface area contributed by atoms with Crippen molar-refractivity contribution in [1.82, 2.24) is 10.3 Å². The van der Waals surface area contributed by atoms with Gasteiger partial charge < -0.3 is 5.32 Å². The summed E-state index contributed by atoms with van der Waals surface area (Å²) in [4.78, 5) is 5.39. The van der Waals surface area contributed by atoms with Gasteiger partial charge >= 0.3 is 0 Å². The van der Waals surface area contributed by atoms with Crippen LogP contribution in [0.2, 0.25) is 0 Å². The van der Waals surface area contributed by atoms with Gasteiger partial charge in [-0.15, -0.1) is 11.3 Å². The predicted octanol–water partition coefficient (Wildman–Crippen LogP) is 2.55. The van der Waals surface area contributed by atoms with E-state index in [1.54, 1.807) is 11.3 Å². The van der Waals surface area contributed by atoms with Crippen molar-refractivity contribution in [1.29, 1.82) is 0 Å². The minimum absolute atomic E-state index is 0.453. The third kappa shape index (κ3) is 4.11. The topological polar surface area (TPSA) is 24.9 Å². The highest BCUT2D eigenvalue weighted by Crippen LogP contribution is 2.15. The van der Waals surface area contributed by atoms with Crippen molar-refractivity contribution in [3.05, 3.63) is 16.6 Å². The highest BCUT2D eigenvalue weighted by atomic mass is 32.2. The summed E-state index contributed by atoms with van der Waals surface area (Å²) in [6.07, 6.45) is 5.33. The van der Waals surface area contributed by atoms with Crippen LogP contribution in [0.25, 0.3) is 0 Å². The zero-order valence-corrected chi connectivity index (χ0v) is 9.75. The molecule has 74 valence electrons. The Labute approximate surface area is 88.2 Å². The molecule has 0 amide bonds. The standard InChI is InChI=1S/C9H16N2S2/c1-8(9-6-10-7-13-9)11-4-3-5-12-2/h6-8,11H,3-5H2,1-2H3. The molecule has 2 nitrogen and oxygen atoms in total. The summed E-state index contributed by atoms with van der Waals surface area (Å²) in [5.41, 5.74) is 1.88. The number of nitrogens with one attached hydrogen (secondary N) is 1. The van der Waals surface area contributed by atoms with Gasteiger partial charge in [-0.25, -0.2) is 0 Å². The van der Waals surface area contributed by atoms with Gasteiger partial charge in [0.25, 0.3) is 0 Å². The van der Waals surface area contributed by atoms with Gasteiger partial charge in [0.15, 0.2) is 0 Å². The minimum atomic E-state index is 0.453. The Kier molecular flexibility index (Phi) is 5.43. The van der Waals surface area contributed by atoms with Crippen LogP contribution < -0.4 is 5.32 Å². The van der Waals surface area contributed by atoms with Crippen LogP contribution in [0.5, 0.6) is 0 Å². The Balaban J connectivity index is 2.15. The maximum Gasteiger partial charge on any atom is 0.0794 e. The monoisotopic (exact) mass is 216 g/mol. The quantitative estimate of drug-likeness (QED) is 0.740. The van der Waals surface area contributed by atoms with E-state index < -0.39 is 0 Å². The molecule has 1 rings (SSSR count). The predicted molar refractivity (Wildman–Crippen MR) is 61.5 cm³/mol. The molecule has 0 saturated heterocycles. The third-order valence-corrected chi connectivity index (χ3v) is 3.51. The second-order valence-corrected chi connectivity index (χ2v) is 4.83. The second kappa shape index (κ2) is 6.40. The summed E-state index contributed by atoms with van der Waals surface area (Å²) in [6.45, 7) is 3.28. The maximum absolute atomic E-state index is 4.06. The molecule has 0 aliphatic carbocycles. The minimum Gasteiger partial charge on any atom is -0.309 e. The molecule has 0 spiro atoms. The van der Waals surface area contributed by atoms with Crippen molar-refractivity contribution >= 4 is 23.1 Å². The number of thioether (sulfide) groups is 1. The van der Waals surface area contributed by atoms with Crippen LogP contribution in [0.3, 0.4) is 0 Å². The molecular formula is C9H16N2S2. The lowest BCUT2D eigenvalue weighted by Gasteiger charge is -2.10. The molecule has 0 fully saturated rings. The van der Waals surface area contributed by atoms with E-state index in [2.05, 4.69) is 23.5 Å². The van der Waals surface area contributed by atoms with Crippen LogP contribution in [0.15, 0.2) is 11.7 Å². The van der Waals surface area contributed by atoms with Crippen molar-refractivity contribution in [2.75, 3.05) is 18.6 Å². The molecule has 1 unspecified atom stereocenters. The fraction of sp³-hybridized carbons (Fsp3) is 0.667.